The normalized spacial score (nSPS) is 37.7. The van der Waals surface area contributed by atoms with Crippen molar-refractivity contribution in [3.8, 4) is 0 Å². The van der Waals surface area contributed by atoms with Crippen molar-refractivity contribution >= 4 is 33.3 Å². The number of hydrogen-bond donors (Lipinski definition) is 1. The molecule has 124 valence electrons. The zero-order chi connectivity index (χ0) is 16.2. The summed E-state index contributed by atoms with van der Waals surface area (Å²) in [6, 6.07) is 3.83. The Morgan fingerprint density at radius 2 is 2.00 bits per heavy atom. The third-order valence-corrected chi connectivity index (χ3v) is 6.86. The van der Waals surface area contributed by atoms with Gasteiger partial charge >= 0.3 is 0 Å². The summed E-state index contributed by atoms with van der Waals surface area (Å²) < 4.78 is 0.202. The molecule has 2 atom stereocenters. The van der Waals surface area contributed by atoms with Crippen LogP contribution in [-0.2, 0) is 4.79 Å². The molecule has 23 heavy (non-hydrogen) atoms. The van der Waals surface area contributed by atoms with Crippen LogP contribution in [0.3, 0.4) is 0 Å². The summed E-state index contributed by atoms with van der Waals surface area (Å²) in [6.45, 7) is 0. The molecule has 0 saturated heterocycles. The van der Waals surface area contributed by atoms with Gasteiger partial charge in [-0.2, -0.15) is 0 Å². The van der Waals surface area contributed by atoms with Crippen molar-refractivity contribution in [1.82, 2.24) is 4.98 Å². The second kappa shape index (κ2) is 5.20. The van der Waals surface area contributed by atoms with E-state index in [1.807, 2.05) is 31.1 Å². The van der Waals surface area contributed by atoms with Gasteiger partial charge in [0.25, 0.3) is 0 Å². The fourth-order valence-electron chi connectivity index (χ4n) is 5.52. The van der Waals surface area contributed by atoms with Crippen LogP contribution in [0.15, 0.2) is 18.3 Å². The molecule has 0 radical (unpaired) electrons. The molecule has 0 aromatic carbocycles. The van der Waals surface area contributed by atoms with Crippen molar-refractivity contribution in [3.05, 3.63) is 18.3 Å². The van der Waals surface area contributed by atoms with Gasteiger partial charge < -0.3 is 10.2 Å². The number of rotatable bonds is 3. The van der Waals surface area contributed by atoms with Gasteiger partial charge in [0.2, 0.25) is 5.91 Å². The van der Waals surface area contributed by atoms with Crippen molar-refractivity contribution in [3.63, 3.8) is 0 Å². The Labute approximate surface area is 146 Å². The van der Waals surface area contributed by atoms with E-state index < -0.39 is 0 Å². The molecule has 1 heterocycles. The molecule has 5 heteroatoms. The molecule has 0 aliphatic heterocycles. The lowest BCUT2D eigenvalue weighted by Gasteiger charge is -2.59. The topological polar surface area (TPSA) is 45.2 Å². The highest BCUT2D eigenvalue weighted by atomic mass is 79.9. The van der Waals surface area contributed by atoms with Crippen LogP contribution in [0.4, 0.5) is 11.5 Å². The van der Waals surface area contributed by atoms with Crippen LogP contribution in [0.1, 0.15) is 38.5 Å². The predicted molar refractivity (Wildman–Crippen MR) is 96.0 cm³/mol. The lowest BCUT2D eigenvalue weighted by atomic mass is 9.49. The van der Waals surface area contributed by atoms with Crippen molar-refractivity contribution < 1.29 is 4.79 Å². The number of anilines is 2. The van der Waals surface area contributed by atoms with Crippen molar-refractivity contribution in [2.24, 2.45) is 17.3 Å². The average molecular weight is 378 g/mol. The molecule has 4 aliphatic carbocycles. The molecule has 4 bridgehead atoms. The van der Waals surface area contributed by atoms with Gasteiger partial charge in [-0.05, 0) is 62.5 Å². The second-order valence-corrected chi connectivity index (χ2v) is 9.80. The number of carbonyl (C=O) groups is 1. The molecular formula is C18H24BrN3O. The Morgan fingerprint density at radius 3 is 2.61 bits per heavy atom. The standard InChI is InChI=1S/C18H24BrN3O/c1-22(2)15-14(4-3-5-20-15)21-16(23)17-7-12-6-13(8-17)10-18(19,9-12)11-17/h3-5,12-13H,6-11H2,1-2H3,(H,21,23). The molecular weight excluding hydrogens is 354 g/mol. The highest BCUT2D eigenvalue weighted by Crippen LogP contribution is 2.64. The maximum atomic E-state index is 13.2. The first-order valence-corrected chi connectivity index (χ1v) is 9.31. The van der Waals surface area contributed by atoms with E-state index in [1.165, 1.54) is 19.3 Å². The molecule has 4 saturated carbocycles. The highest BCUT2D eigenvalue weighted by molar-refractivity contribution is 9.10. The SMILES string of the molecule is CN(C)c1ncccc1NC(=O)C12CC3CC(CC(Br)(C3)C1)C2. The number of alkyl halides is 1. The van der Waals surface area contributed by atoms with Crippen LogP contribution < -0.4 is 10.2 Å². The number of hydrogen-bond acceptors (Lipinski definition) is 3. The molecule has 4 fully saturated rings. The zero-order valence-electron chi connectivity index (χ0n) is 13.8. The van der Waals surface area contributed by atoms with Crippen LogP contribution in [0, 0.1) is 17.3 Å². The van der Waals surface area contributed by atoms with E-state index in [0.29, 0.717) is 11.8 Å². The smallest absolute Gasteiger partial charge is 0.230 e. The van der Waals surface area contributed by atoms with Crippen LogP contribution >= 0.6 is 15.9 Å². The van der Waals surface area contributed by atoms with E-state index in [9.17, 15) is 4.79 Å². The number of nitrogens with one attached hydrogen (secondary N) is 1. The third-order valence-electron chi connectivity index (χ3n) is 5.93. The van der Waals surface area contributed by atoms with Gasteiger partial charge in [0.1, 0.15) is 0 Å². The van der Waals surface area contributed by atoms with Crippen molar-refractivity contribution in [2.45, 2.75) is 42.8 Å². The first kappa shape index (κ1) is 15.4. The molecule has 1 aromatic heterocycles. The number of carbonyl (C=O) groups excluding carboxylic acids is 1. The second-order valence-electron chi connectivity index (χ2n) is 8.12. The monoisotopic (exact) mass is 377 g/mol. The Morgan fingerprint density at radius 1 is 1.30 bits per heavy atom. The van der Waals surface area contributed by atoms with Gasteiger partial charge in [0.15, 0.2) is 5.82 Å². The molecule has 4 nitrogen and oxygen atoms in total. The minimum Gasteiger partial charge on any atom is -0.361 e. The van der Waals surface area contributed by atoms with Gasteiger partial charge in [0, 0.05) is 24.6 Å². The zero-order valence-corrected chi connectivity index (χ0v) is 15.4. The lowest BCUT2D eigenvalue weighted by molar-refractivity contribution is -0.138. The molecule has 5 rings (SSSR count). The van der Waals surface area contributed by atoms with Crippen LogP contribution in [0.2, 0.25) is 0 Å². The fraction of sp³-hybridized carbons (Fsp3) is 0.667. The molecule has 0 spiro atoms. The number of halogens is 1. The molecule has 1 N–H and O–H groups in total. The summed E-state index contributed by atoms with van der Waals surface area (Å²) in [5, 5.41) is 3.20. The van der Waals surface area contributed by atoms with Crippen molar-refractivity contribution in [1.29, 1.82) is 0 Å². The van der Waals surface area contributed by atoms with E-state index in [2.05, 4.69) is 26.2 Å². The van der Waals surface area contributed by atoms with Crippen LogP contribution in [0.25, 0.3) is 0 Å². The maximum absolute atomic E-state index is 13.2. The lowest BCUT2D eigenvalue weighted by Crippen LogP contribution is -2.57. The summed E-state index contributed by atoms with van der Waals surface area (Å²) in [6.07, 6.45) is 8.67. The fourth-order valence-corrected chi connectivity index (χ4v) is 6.97. The average Bonchev–Trinajstić information content (AvgIpc) is 2.45. The Hall–Kier alpha value is -1.10. The maximum Gasteiger partial charge on any atom is 0.230 e. The number of aromatic nitrogens is 1. The number of amides is 1. The van der Waals surface area contributed by atoms with Crippen LogP contribution in [0.5, 0.6) is 0 Å². The summed E-state index contributed by atoms with van der Waals surface area (Å²) >= 11 is 3.98. The Balaban J connectivity index is 1.61. The molecule has 1 aromatic rings. The first-order valence-electron chi connectivity index (χ1n) is 8.52. The van der Waals surface area contributed by atoms with Gasteiger partial charge in [-0.3, -0.25) is 4.79 Å². The summed E-state index contributed by atoms with van der Waals surface area (Å²) in [4.78, 5) is 19.5. The minimum absolute atomic E-state index is 0.187. The third kappa shape index (κ3) is 2.57. The van der Waals surface area contributed by atoms with Crippen LogP contribution in [-0.4, -0.2) is 29.3 Å². The number of pyridine rings is 1. The van der Waals surface area contributed by atoms with Gasteiger partial charge in [-0.25, -0.2) is 4.98 Å². The summed E-state index contributed by atoms with van der Waals surface area (Å²) in [5.74, 6) is 2.44. The predicted octanol–water partition coefficient (Wildman–Crippen LogP) is 3.82. The highest BCUT2D eigenvalue weighted by Gasteiger charge is 2.59. The summed E-state index contributed by atoms with van der Waals surface area (Å²) in [7, 11) is 3.91. The van der Waals surface area contributed by atoms with E-state index in [0.717, 1.165) is 30.8 Å². The van der Waals surface area contributed by atoms with E-state index in [4.69, 9.17) is 0 Å². The minimum atomic E-state index is -0.187. The molecule has 2 unspecified atom stereocenters. The first-order chi connectivity index (χ1) is 10.9. The van der Waals surface area contributed by atoms with Gasteiger partial charge in [0.05, 0.1) is 11.1 Å². The largest absolute Gasteiger partial charge is 0.361 e. The van der Waals surface area contributed by atoms with Gasteiger partial charge in [-0.1, -0.05) is 15.9 Å². The van der Waals surface area contributed by atoms with Gasteiger partial charge in [-0.15, -0.1) is 0 Å². The summed E-state index contributed by atoms with van der Waals surface area (Å²) in [5.41, 5.74) is 0.634. The molecule has 4 aliphatic rings. The van der Waals surface area contributed by atoms with E-state index in [-0.39, 0.29) is 15.6 Å². The number of nitrogens with zero attached hydrogens (tertiary/aromatic N) is 2. The Bertz CT molecular complexity index is 631. The van der Waals surface area contributed by atoms with E-state index >= 15 is 0 Å². The molecule has 1 amide bonds. The Kier molecular flexibility index (Phi) is 3.49. The quantitative estimate of drug-likeness (QED) is 0.814. The van der Waals surface area contributed by atoms with Crippen molar-refractivity contribution in [2.75, 3.05) is 24.3 Å². The van der Waals surface area contributed by atoms with E-state index in [1.54, 1.807) is 6.20 Å².